The zero-order valence-corrected chi connectivity index (χ0v) is 20.2. The summed E-state index contributed by atoms with van der Waals surface area (Å²) >= 11 is 11.6. The third kappa shape index (κ3) is 6.33. The summed E-state index contributed by atoms with van der Waals surface area (Å²) in [5.41, 5.74) is -1.20. The van der Waals surface area contributed by atoms with Crippen molar-refractivity contribution in [3.8, 4) is 17.6 Å². The second-order valence-electron chi connectivity index (χ2n) is 6.63. The number of nitrogens with zero attached hydrogens (tertiary/aromatic N) is 3. The number of nitrogens with one attached hydrogen (secondary N) is 1. The molecular formula is C21H14Cl2F2N4O5S. The molecule has 0 saturated carbocycles. The number of halogens is 4. The van der Waals surface area contributed by atoms with E-state index in [9.17, 15) is 17.6 Å². The summed E-state index contributed by atoms with van der Waals surface area (Å²) in [6.45, 7) is 0.846. The minimum Gasteiger partial charge on any atom is -0.495 e. The van der Waals surface area contributed by atoms with Crippen molar-refractivity contribution >= 4 is 44.9 Å². The first-order chi connectivity index (χ1) is 16.5. The summed E-state index contributed by atoms with van der Waals surface area (Å²) < 4.78 is 67.6. The van der Waals surface area contributed by atoms with E-state index in [2.05, 4.69) is 27.0 Å². The monoisotopic (exact) mass is 542 g/mol. The first-order valence-electron chi connectivity index (χ1n) is 9.39. The first-order valence-corrected chi connectivity index (χ1v) is 11.6. The molecule has 0 radical (unpaired) electrons. The molecular weight excluding hydrogens is 529 g/mol. The van der Waals surface area contributed by atoms with Crippen LogP contribution in [0.25, 0.3) is 0 Å². The standard InChI is InChI=1S/C21H14Cl2F2N4O5S/c1-11(30)34-10-12-7-13(22)8-18(20(12)33-2)35(31,32)29-17-6-5-16(24)15(19(17)25)4-3-14-9-26-21(23)28-27-14/h5-9,29H,10H2,1-2H3. The minimum absolute atomic E-state index is 0.0165. The summed E-state index contributed by atoms with van der Waals surface area (Å²) in [5.74, 6) is 1.48. The van der Waals surface area contributed by atoms with Crippen molar-refractivity contribution in [2.24, 2.45) is 0 Å². The van der Waals surface area contributed by atoms with Gasteiger partial charge in [0.2, 0.25) is 5.28 Å². The summed E-state index contributed by atoms with van der Waals surface area (Å²) in [5, 5.41) is 6.91. The van der Waals surface area contributed by atoms with E-state index in [0.717, 1.165) is 24.4 Å². The van der Waals surface area contributed by atoms with E-state index in [1.165, 1.54) is 20.1 Å². The third-order valence-corrected chi connectivity index (χ3v) is 5.97. The number of aromatic nitrogens is 3. The predicted octanol–water partition coefficient (Wildman–Crippen LogP) is 3.73. The minimum atomic E-state index is -4.52. The lowest BCUT2D eigenvalue weighted by Crippen LogP contribution is -2.17. The van der Waals surface area contributed by atoms with Gasteiger partial charge in [-0.15, -0.1) is 10.2 Å². The van der Waals surface area contributed by atoms with Crippen LogP contribution in [-0.4, -0.2) is 36.7 Å². The fourth-order valence-electron chi connectivity index (χ4n) is 2.73. The van der Waals surface area contributed by atoms with Crippen molar-refractivity contribution in [2.45, 2.75) is 18.4 Å². The Morgan fingerprint density at radius 2 is 1.91 bits per heavy atom. The molecule has 0 fully saturated rings. The molecule has 1 aromatic heterocycles. The molecule has 0 aliphatic heterocycles. The highest BCUT2D eigenvalue weighted by atomic mass is 35.5. The van der Waals surface area contributed by atoms with Crippen LogP contribution in [0.2, 0.25) is 10.3 Å². The highest BCUT2D eigenvalue weighted by molar-refractivity contribution is 7.92. The van der Waals surface area contributed by atoms with Gasteiger partial charge in [-0.1, -0.05) is 17.5 Å². The summed E-state index contributed by atoms with van der Waals surface area (Å²) in [6, 6.07) is 4.13. The van der Waals surface area contributed by atoms with Crippen LogP contribution in [0.1, 0.15) is 23.7 Å². The van der Waals surface area contributed by atoms with Crippen molar-refractivity contribution in [3.05, 3.63) is 69.2 Å². The van der Waals surface area contributed by atoms with Crippen LogP contribution in [0.5, 0.6) is 5.75 Å². The topological polar surface area (TPSA) is 120 Å². The van der Waals surface area contributed by atoms with Crippen LogP contribution in [0, 0.1) is 23.5 Å². The molecule has 3 rings (SSSR count). The van der Waals surface area contributed by atoms with E-state index in [1.54, 1.807) is 0 Å². The molecule has 0 aliphatic carbocycles. The summed E-state index contributed by atoms with van der Waals surface area (Å²) in [4.78, 5) is 14.3. The van der Waals surface area contributed by atoms with Crippen molar-refractivity contribution in [2.75, 3.05) is 11.8 Å². The smallest absolute Gasteiger partial charge is 0.302 e. The van der Waals surface area contributed by atoms with Gasteiger partial charge in [-0.05, 0) is 41.8 Å². The van der Waals surface area contributed by atoms with Gasteiger partial charge < -0.3 is 9.47 Å². The predicted molar refractivity (Wildman–Crippen MR) is 121 cm³/mol. The Kier molecular flexibility index (Phi) is 8.06. The number of esters is 1. The van der Waals surface area contributed by atoms with Crippen molar-refractivity contribution in [1.82, 2.24) is 15.2 Å². The molecule has 2 aromatic carbocycles. The third-order valence-electron chi connectivity index (χ3n) is 4.21. The molecule has 0 amide bonds. The van der Waals surface area contributed by atoms with Crippen LogP contribution in [0.4, 0.5) is 14.5 Å². The quantitative estimate of drug-likeness (QED) is 0.369. The van der Waals surface area contributed by atoms with Crippen LogP contribution in [0.3, 0.4) is 0 Å². The maximum atomic E-state index is 15.0. The average Bonchev–Trinajstić information content (AvgIpc) is 2.80. The fourth-order valence-corrected chi connectivity index (χ4v) is 4.42. The number of benzene rings is 2. The Hall–Kier alpha value is -3.53. The Labute approximate surface area is 208 Å². The normalized spacial score (nSPS) is 10.8. The molecule has 182 valence electrons. The maximum Gasteiger partial charge on any atom is 0.302 e. The number of hydrogen-bond donors (Lipinski definition) is 1. The van der Waals surface area contributed by atoms with Gasteiger partial charge in [0.15, 0.2) is 11.5 Å². The van der Waals surface area contributed by atoms with E-state index in [0.29, 0.717) is 0 Å². The van der Waals surface area contributed by atoms with Crippen LogP contribution in [0.15, 0.2) is 35.4 Å². The van der Waals surface area contributed by atoms with Crippen molar-refractivity contribution in [1.29, 1.82) is 0 Å². The van der Waals surface area contributed by atoms with Gasteiger partial charge in [-0.2, -0.15) is 0 Å². The fraction of sp³-hybridized carbons (Fsp3) is 0.143. The van der Waals surface area contributed by atoms with Gasteiger partial charge >= 0.3 is 5.97 Å². The molecule has 0 saturated heterocycles. The molecule has 35 heavy (non-hydrogen) atoms. The number of hydrogen-bond acceptors (Lipinski definition) is 8. The summed E-state index contributed by atoms with van der Waals surface area (Å²) in [7, 11) is -3.33. The Morgan fingerprint density at radius 1 is 1.17 bits per heavy atom. The molecule has 0 atom stereocenters. The number of sulfonamides is 1. The lowest BCUT2D eigenvalue weighted by Gasteiger charge is -2.16. The van der Waals surface area contributed by atoms with E-state index in [1.807, 2.05) is 4.72 Å². The average molecular weight is 543 g/mol. The molecule has 3 aromatic rings. The molecule has 14 heteroatoms. The Balaban J connectivity index is 2.01. The van der Waals surface area contributed by atoms with Gasteiger partial charge in [-0.3, -0.25) is 9.52 Å². The largest absolute Gasteiger partial charge is 0.495 e. The van der Waals surface area contributed by atoms with E-state index in [-0.39, 0.29) is 33.9 Å². The van der Waals surface area contributed by atoms with Crippen molar-refractivity contribution < 1.29 is 31.5 Å². The Bertz CT molecular complexity index is 1460. The molecule has 0 unspecified atom stereocenters. The molecule has 0 bridgehead atoms. The molecule has 9 nitrogen and oxygen atoms in total. The van der Waals surface area contributed by atoms with Gasteiger partial charge in [0, 0.05) is 17.5 Å². The zero-order chi connectivity index (χ0) is 25.8. The van der Waals surface area contributed by atoms with Gasteiger partial charge in [0.05, 0.1) is 24.6 Å². The molecule has 1 N–H and O–H groups in total. The molecule has 0 aliphatic rings. The van der Waals surface area contributed by atoms with E-state index in [4.69, 9.17) is 32.7 Å². The number of methoxy groups -OCH3 is 1. The van der Waals surface area contributed by atoms with Crippen molar-refractivity contribution in [3.63, 3.8) is 0 Å². The zero-order valence-electron chi connectivity index (χ0n) is 17.9. The maximum absolute atomic E-state index is 15.0. The number of ether oxygens (including phenoxy) is 2. The van der Waals surface area contributed by atoms with Gasteiger partial charge in [-0.25, -0.2) is 22.2 Å². The molecule has 0 spiro atoms. The van der Waals surface area contributed by atoms with E-state index < -0.39 is 43.8 Å². The van der Waals surface area contributed by atoms with Crippen LogP contribution >= 0.6 is 23.2 Å². The number of carbonyl (C=O) groups is 1. The number of rotatable bonds is 6. The first kappa shape index (κ1) is 26.1. The van der Waals surface area contributed by atoms with E-state index >= 15 is 4.39 Å². The number of carbonyl (C=O) groups excluding carboxylic acids is 1. The lowest BCUT2D eigenvalue weighted by molar-refractivity contribution is -0.142. The lowest BCUT2D eigenvalue weighted by atomic mass is 10.1. The van der Waals surface area contributed by atoms with Crippen LogP contribution in [-0.2, 0) is 26.2 Å². The molecule has 1 heterocycles. The highest BCUT2D eigenvalue weighted by Gasteiger charge is 2.26. The highest BCUT2D eigenvalue weighted by Crippen LogP contribution is 2.34. The summed E-state index contributed by atoms with van der Waals surface area (Å²) in [6.07, 6.45) is 1.14. The Morgan fingerprint density at radius 3 is 2.54 bits per heavy atom. The second-order valence-corrected chi connectivity index (χ2v) is 9.05. The number of anilines is 1. The SMILES string of the molecule is COc1c(COC(C)=O)cc(Cl)cc1S(=O)(=O)Nc1ccc(F)c(C#Cc2cnc(Cl)nn2)c1F. The van der Waals surface area contributed by atoms with Crippen LogP contribution < -0.4 is 9.46 Å². The van der Waals surface area contributed by atoms with Gasteiger partial charge in [0.1, 0.15) is 23.1 Å². The second kappa shape index (κ2) is 10.8. The van der Waals surface area contributed by atoms with Gasteiger partial charge in [0.25, 0.3) is 10.0 Å².